The van der Waals surface area contributed by atoms with Crippen molar-refractivity contribution in [2.45, 2.75) is 44.8 Å². The van der Waals surface area contributed by atoms with Crippen LogP contribution in [0.2, 0.25) is 0 Å². The molecule has 1 atom stereocenters. The first-order valence-electron chi connectivity index (χ1n) is 12.0. The molecule has 0 aliphatic carbocycles. The zero-order chi connectivity index (χ0) is 26.2. The van der Waals surface area contributed by atoms with Crippen LogP contribution in [0.1, 0.15) is 48.2 Å². The lowest BCUT2D eigenvalue weighted by atomic mass is 9.93. The summed E-state index contributed by atoms with van der Waals surface area (Å²) in [5.74, 6) is -1.04. The van der Waals surface area contributed by atoms with Crippen LogP contribution in [-0.4, -0.2) is 44.9 Å². The normalized spacial score (nSPS) is 17.3. The highest BCUT2D eigenvalue weighted by molar-refractivity contribution is 6.05. The maximum Gasteiger partial charge on any atom is 0.319 e. The summed E-state index contributed by atoms with van der Waals surface area (Å²) in [4.78, 5) is 50.9. The number of anilines is 1. The van der Waals surface area contributed by atoms with Gasteiger partial charge in [-0.15, -0.1) is 0 Å². The first-order chi connectivity index (χ1) is 17.7. The van der Waals surface area contributed by atoms with Crippen molar-refractivity contribution >= 4 is 29.4 Å². The third-order valence-corrected chi connectivity index (χ3v) is 6.68. The highest BCUT2D eigenvalue weighted by Gasteiger charge is 2.39. The Labute approximate surface area is 213 Å². The maximum atomic E-state index is 12.9. The molecule has 0 spiro atoms. The molecule has 10 nitrogen and oxygen atoms in total. The molecule has 2 aliphatic heterocycles. The van der Waals surface area contributed by atoms with Crippen molar-refractivity contribution in [1.82, 2.24) is 25.7 Å². The Hall–Kier alpha value is -4.60. The fourth-order valence-corrected chi connectivity index (χ4v) is 4.68. The second kappa shape index (κ2) is 9.45. The molecule has 0 saturated carbocycles. The lowest BCUT2D eigenvalue weighted by Gasteiger charge is -2.29. The van der Waals surface area contributed by atoms with Crippen molar-refractivity contribution in [3.8, 4) is 11.3 Å². The molecule has 2 aliphatic rings. The molecule has 1 unspecified atom stereocenters. The molecule has 5 amide bonds. The molecule has 10 heteroatoms. The van der Waals surface area contributed by atoms with Gasteiger partial charge in [0, 0.05) is 36.0 Å². The van der Waals surface area contributed by atoms with Crippen LogP contribution in [0.5, 0.6) is 0 Å². The van der Waals surface area contributed by atoms with Crippen molar-refractivity contribution in [1.29, 1.82) is 0 Å². The molecule has 2 aromatic carbocycles. The minimum atomic E-state index is -0.682. The van der Waals surface area contributed by atoms with Crippen LogP contribution in [-0.2, 0) is 21.7 Å². The van der Waals surface area contributed by atoms with E-state index in [1.807, 2.05) is 50.2 Å². The predicted octanol–water partition coefficient (Wildman–Crippen LogP) is 2.96. The van der Waals surface area contributed by atoms with Gasteiger partial charge in [-0.25, -0.2) is 4.79 Å². The van der Waals surface area contributed by atoms with Gasteiger partial charge in [0.2, 0.25) is 11.8 Å². The minimum Gasteiger partial charge on any atom is -0.329 e. The summed E-state index contributed by atoms with van der Waals surface area (Å²) in [6, 6.07) is 15.4. The van der Waals surface area contributed by atoms with Crippen LogP contribution in [0.25, 0.3) is 11.3 Å². The highest BCUT2D eigenvalue weighted by Crippen LogP contribution is 2.30. The Morgan fingerprint density at radius 1 is 1.08 bits per heavy atom. The number of fused-ring (bicyclic) bond motifs is 1. The number of rotatable bonds is 5. The van der Waals surface area contributed by atoms with E-state index in [2.05, 4.69) is 26.1 Å². The van der Waals surface area contributed by atoms with Gasteiger partial charge in [0.25, 0.3) is 5.91 Å². The molecule has 37 heavy (non-hydrogen) atoms. The number of nitrogens with one attached hydrogen (secondary N) is 3. The third kappa shape index (κ3) is 4.90. The topological polar surface area (TPSA) is 133 Å². The van der Waals surface area contributed by atoms with Crippen LogP contribution < -0.4 is 16.0 Å². The van der Waals surface area contributed by atoms with E-state index in [1.54, 1.807) is 24.4 Å². The molecule has 1 aromatic heterocycles. The molecule has 1 fully saturated rings. The third-order valence-electron chi connectivity index (χ3n) is 6.68. The van der Waals surface area contributed by atoms with Crippen molar-refractivity contribution in [2.24, 2.45) is 0 Å². The van der Waals surface area contributed by atoms with Gasteiger partial charge in [0.05, 0.1) is 11.2 Å². The lowest BCUT2D eigenvalue weighted by molar-refractivity contribution is -0.136. The maximum absolute atomic E-state index is 12.9. The Balaban J connectivity index is 1.24. The molecular formula is C27H26N6O4. The summed E-state index contributed by atoms with van der Waals surface area (Å²) in [6.07, 6.45) is 2.12. The van der Waals surface area contributed by atoms with Crippen LogP contribution in [0, 0.1) is 0 Å². The summed E-state index contributed by atoms with van der Waals surface area (Å²) in [5.41, 5.74) is 3.67. The second-order valence-corrected chi connectivity index (χ2v) is 9.66. The van der Waals surface area contributed by atoms with Gasteiger partial charge in [0.15, 0.2) is 0 Å². The predicted molar refractivity (Wildman–Crippen MR) is 135 cm³/mol. The van der Waals surface area contributed by atoms with Crippen molar-refractivity contribution in [3.63, 3.8) is 0 Å². The van der Waals surface area contributed by atoms with Gasteiger partial charge in [-0.3, -0.25) is 19.7 Å². The first kappa shape index (κ1) is 24.1. The second-order valence-electron chi connectivity index (χ2n) is 9.66. The average Bonchev–Trinajstić information content (AvgIpc) is 3.19. The van der Waals surface area contributed by atoms with Gasteiger partial charge in [-0.05, 0) is 61.7 Å². The number of aromatic nitrogens is 2. The Morgan fingerprint density at radius 2 is 1.86 bits per heavy atom. The average molecular weight is 499 g/mol. The quantitative estimate of drug-likeness (QED) is 0.463. The van der Waals surface area contributed by atoms with Crippen LogP contribution in [0.4, 0.5) is 10.5 Å². The number of hydrogen-bond donors (Lipinski definition) is 3. The smallest absolute Gasteiger partial charge is 0.319 e. The number of benzene rings is 2. The molecule has 3 heterocycles. The van der Waals surface area contributed by atoms with Crippen molar-refractivity contribution in [3.05, 3.63) is 77.5 Å². The number of nitrogens with zero attached hydrogens (tertiary/aromatic N) is 3. The number of amides is 5. The van der Waals surface area contributed by atoms with E-state index in [1.165, 1.54) is 4.90 Å². The van der Waals surface area contributed by atoms with Gasteiger partial charge < -0.3 is 15.5 Å². The van der Waals surface area contributed by atoms with Crippen LogP contribution in [0.3, 0.4) is 0 Å². The molecule has 1 saturated heterocycles. The number of urea groups is 1. The summed E-state index contributed by atoms with van der Waals surface area (Å²) in [7, 11) is 0. The summed E-state index contributed by atoms with van der Waals surface area (Å²) >= 11 is 0. The number of imide groups is 1. The van der Waals surface area contributed by atoms with Gasteiger partial charge in [0.1, 0.15) is 6.04 Å². The number of carbonyl (C=O) groups is 4. The molecule has 3 N–H and O–H groups in total. The molecule has 188 valence electrons. The van der Waals surface area contributed by atoms with Crippen LogP contribution >= 0.6 is 0 Å². The Bertz CT molecular complexity index is 1390. The number of piperidine rings is 1. The van der Waals surface area contributed by atoms with Crippen LogP contribution in [0.15, 0.2) is 60.8 Å². The van der Waals surface area contributed by atoms with E-state index >= 15 is 0 Å². The Kier molecular flexibility index (Phi) is 6.16. The SMILES string of the molecule is CC(C)(NC(=O)Nc1ccc2c(c1)CN(C1CCC(=O)NC1=O)C2=O)c1ccc(-c2cccnn2)cc1. The molecular weight excluding hydrogens is 472 g/mol. The summed E-state index contributed by atoms with van der Waals surface area (Å²) in [6.45, 7) is 4.05. The van der Waals surface area contributed by atoms with E-state index in [4.69, 9.17) is 0 Å². The standard InChI is InChI=1S/C27H26N6O4/c1-27(2,18-7-5-16(6-8-18)21-4-3-13-28-32-21)31-26(37)29-19-9-10-20-17(14-19)15-33(25(20)36)22-11-12-23(34)30-24(22)35/h3-10,13-14,22H,11-12,15H2,1-2H3,(H2,29,31,37)(H,30,34,35). The summed E-state index contributed by atoms with van der Waals surface area (Å²) < 4.78 is 0. The first-order valence-corrected chi connectivity index (χ1v) is 12.0. The van der Waals surface area contributed by atoms with E-state index in [0.29, 0.717) is 23.2 Å². The van der Waals surface area contributed by atoms with E-state index < -0.39 is 23.5 Å². The monoisotopic (exact) mass is 498 g/mol. The fourth-order valence-electron chi connectivity index (χ4n) is 4.68. The molecule has 0 bridgehead atoms. The van der Waals surface area contributed by atoms with Crippen molar-refractivity contribution in [2.75, 3.05) is 5.32 Å². The Morgan fingerprint density at radius 3 is 2.57 bits per heavy atom. The molecule has 3 aromatic rings. The van der Waals surface area contributed by atoms with E-state index in [-0.39, 0.29) is 24.8 Å². The van der Waals surface area contributed by atoms with Gasteiger partial charge in [-0.1, -0.05) is 24.3 Å². The van der Waals surface area contributed by atoms with Gasteiger partial charge in [-0.2, -0.15) is 10.2 Å². The summed E-state index contributed by atoms with van der Waals surface area (Å²) in [5, 5.41) is 16.1. The molecule has 5 rings (SSSR count). The minimum absolute atomic E-state index is 0.197. The highest BCUT2D eigenvalue weighted by atomic mass is 16.2. The van der Waals surface area contributed by atoms with Crippen molar-refractivity contribution < 1.29 is 19.2 Å². The largest absolute Gasteiger partial charge is 0.329 e. The fraction of sp³-hybridized carbons (Fsp3) is 0.259. The molecule has 0 radical (unpaired) electrons. The lowest BCUT2D eigenvalue weighted by Crippen LogP contribution is -2.52. The number of hydrogen-bond acceptors (Lipinski definition) is 6. The zero-order valence-corrected chi connectivity index (χ0v) is 20.4. The zero-order valence-electron chi connectivity index (χ0n) is 20.4. The number of carbonyl (C=O) groups excluding carboxylic acids is 4. The van der Waals surface area contributed by atoms with Gasteiger partial charge >= 0.3 is 6.03 Å². The van der Waals surface area contributed by atoms with E-state index in [0.717, 1.165) is 16.8 Å². The van der Waals surface area contributed by atoms with E-state index in [9.17, 15) is 19.2 Å².